The van der Waals surface area contributed by atoms with E-state index in [9.17, 15) is 14.7 Å². The molecule has 0 bridgehead atoms. The summed E-state index contributed by atoms with van der Waals surface area (Å²) < 4.78 is 0. The number of carbonyl (C=O) groups excluding carboxylic acids is 2. The van der Waals surface area contributed by atoms with Crippen LogP contribution in [0.15, 0.2) is 30.3 Å². The standard InChI is InChI=1S/C18H25NO3/c1-12(2)8-14-10-16(18(22)19-14)17(21)11-15(20)9-13-6-4-3-5-7-13/h3-7,12,14,16-17,21H,8-11H2,1-2H3,(H,19,22)/t14?,16?,17-/m0/s1. The number of ketones is 1. The van der Waals surface area contributed by atoms with E-state index in [1.807, 2.05) is 30.3 Å². The van der Waals surface area contributed by atoms with Gasteiger partial charge in [0.1, 0.15) is 5.78 Å². The molecule has 1 amide bonds. The fourth-order valence-electron chi connectivity index (χ4n) is 3.11. The van der Waals surface area contributed by atoms with Gasteiger partial charge in [0.15, 0.2) is 0 Å². The van der Waals surface area contributed by atoms with Crippen LogP contribution in [-0.2, 0) is 16.0 Å². The minimum absolute atomic E-state index is 0.0289. The summed E-state index contributed by atoms with van der Waals surface area (Å²) in [5, 5.41) is 13.2. The molecule has 2 rings (SSSR count). The van der Waals surface area contributed by atoms with Crippen LogP contribution in [0.4, 0.5) is 0 Å². The molecule has 1 fully saturated rings. The van der Waals surface area contributed by atoms with Gasteiger partial charge in [-0.25, -0.2) is 0 Å². The zero-order chi connectivity index (χ0) is 16.1. The zero-order valence-corrected chi connectivity index (χ0v) is 13.3. The van der Waals surface area contributed by atoms with E-state index in [2.05, 4.69) is 19.2 Å². The van der Waals surface area contributed by atoms with Crippen molar-refractivity contribution in [3.8, 4) is 0 Å². The smallest absolute Gasteiger partial charge is 0.226 e. The van der Waals surface area contributed by atoms with Gasteiger partial charge in [-0.05, 0) is 24.3 Å². The summed E-state index contributed by atoms with van der Waals surface area (Å²) in [5.41, 5.74) is 0.938. The summed E-state index contributed by atoms with van der Waals surface area (Å²) in [6, 6.07) is 9.59. The van der Waals surface area contributed by atoms with E-state index in [0.29, 0.717) is 18.8 Å². The van der Waals surface area contributed by atoms with Crippen LogP contribution >= 0.6 is 0 Å². The lowest BCUT2D eigenvalue weighted by Gasteiger charge is -2.15. The van der Waals surface area contributed by atoms with Crippen molar-refractivity contribution in [2.75, 3.05) is 0 Å². The Kier molecular flexibility index (Phi) is 5.72. The van der Waals surface area contributed by atoms with E-state index in [0.717, 1.165) is 12.0 Å². The third kappa shape index (κ3) is 4.67. The lowest BCUT2D eigenvalue weighted by atomic mass is 9.91. The lowest BCUT2D eigenvalue weighted by Crippen LogP contribution is -2.31. The Balaban J connectivity index is 1.85. The fraction of sp³-hybridized carbons (Fsp3) is 0.556. The maximum Gasteiger partial charge on any atom is 0.226 e. The van der Waals surface area contributed by atoms with Crippen LogP contribution in [0.25, 0.3) is 0 Å². The molecule has 1 heterocycles. The first-order valence-electron chi connectivity index (χ1n) is 7.99. The number of nitrogens with one attached hydrogen (secondary N) is 1. The summed E-state index contributed by atoms with van der Waals surface area (Å²) in [4.78, 5) is 24.0. The first-order valence-corrected chi connectivity index (χ1v) is 7.99. The maximum atomic E-state index is 12.1. The average Bonchev–Trinajstić information content (AvgIpc) is 2.79. The number of hydrogen-bond donors (Lipinski definition) is 2. The van der Waals surface area contributed by atoms with Crippen LogP contribution in [0.3, 0.4) is 0 Å². The molecule has 3 atom stereocenters. The third-order valence-corrected chi connectivity index (χ3v) is 4.12. The number of rotatable bonds is 7. The van der Waals surface area contributed by atoms with Crippen LogP contribution < -0.4 is 5.32 Å². The molecule has 1 aliphatic rings. The third-order valence-electron chi connectivity index (χ3n) is 4.12. The monoisotopic (exact) mass is 303 g/mol. The first kappa shape index (κ1) is 16.7. The highest BCUT2D eigenvalue weighted by atomic mass is 16.3. The summed E-state index contributed by atoms with van der Waals surface area (Å²) in [7, 11) is 0. The first-order chi connectivity index (χ1) is 10.5. The molecule has 0 aromatic heterocycles. The fourth-order valence-corrected chi connectivity index (χ4v) is 3.11. The second-order valence-corrected chi connectivity index (χ2v) is 6.65. The highest BCUT2D eigenvalue weighted by Gasteiger charge is 2.37. The van der Waals surface area contributed by atoms with Gasteiger partial charge in [-0.15, -0.1) is 0 Å². The van der Waals surface area contributed by atoms with Crippen LogP contribution in [0.2, 0.25) is 0 Å². The van der Waals surface area contributed by atoms with Gasteiger partial charge >= 0.3 is 0 Å². The molecule has 4 nitrogen and oxygen atoms in total. The van der Waals surface area contributed by atoms with Gasteiger partial charge in [-0.3, -0.25) is 9.59 Å². The molecule has 2 unspecified atom stereocenters. The second kappa shape index (κ2) is 7.54. The molecule has 0 saturated carbocycles. The minimum Gasteiger partial charge on any atom is -0.392 e. The molecule has 0 radical (unpaired) electrons. The number of amides is 1. The molecular formula is C18H25NO3. The van der Waals surface area contributed by atoms with E-state index < -0.39 is 12.0 Å². The number of benzene rings is 1. The normalized spacial score (nSPS) is 22.6. The number of aliphatic hydroxyl groups excluding tert-OH is 1. The SMILES string of the molecule is CC(C)CC1CC([C@@H](O)CC(=O)Cc2ccccc2)C(=O)N1. The molecule has 0 aliphatic carbocycles. The Bertz CT molecular complexity index is 512. The maximum absolute atomic E-state index is 12.1. The molecule has 0 spiro atoms. The van der Waals surface area contributed by atoms with E-state index in [1.54, 1.807) is 0 Å². The van der Waals surface area contributed by atoms with Gasteiger partial charge in [0.25, 0.3) is 0 Å². The average molecular weight is 303 g/mol. The van der Waals surface area contributed by atoms with E-state index >= 15 is 0 Å². The van der Waals surface area contributed by atoms with Crippen molar-refractivity contribution in [3.63, 3.8) is 0 Å². The summed E-state index contributed by atoms with van der Waals surface area (Å²) in [6.07, 6.45) is 1.00. The number of carbonyl (C=O) groups is 2. The van der Waals surface area contributed by atoms with Crippen molar-refractivity contribution < 1.29 is 14.7 Å². The number of aliphatic hydroxyl groups is 1. The Labute approximate surface area is 131 Å². The predicted octanol–water partition coefficient (Wildman–Crippen LogP) is 2.10. The number of Topliss-reactive ketones (excluding diaryl/α,β-unsaturated/α-hetero) is 1. The molecule has 2 N–H and O–H groups in total. The Hall–Kier alpha value is -1.68. The molecule has 1 saturated heterocycles. The van der Waals surface area contributed by atoms with E-state index in [-0.39, 0.29) is 24.2 Å². The lowest BCUT2D eigenvalue weighted by molar-refractivity contribution is -0.127. The Morgan fingerprint density at radius 1 is 1.32 bits per heavy atom. The summed E-state index contributed by atoms with van der Waals surface area (Å²) in [5.74, 6) is -0.103. The van der Waals surface area contributed by atoms with Crippen molar-refractivity contribution in [2.24, 2.45) is 11.8 Å². The molecule has 1 aromatic rings. The van der Waals surface area contributed by atoms with Gasteiger partial charge in [0.05, 0.1) is 12.0 Å². The minimum atomic E-state index is -0.881. The largest absolute Gasteiger partial charge is 0.392 e. The molecular weight excluding hydrogens is 278 g/mol. The molecule has 1 aliphatic heterocycles. The van der Waals surface area contributed by atoms with Crippen molar-refractivity contribution in [1.29, 1.82) is 0 Å². The quantitative estimate of drug-likeness (QED) is 0.810. The zero-order valence-electron chi connectivity index (χ0n) is 13.3. The van der Waals surface area contributed by atoms with Crippen LogP contribution in [0.1, 0.15) is 38.7 Å². The van der Waals surface area contributed by atoms with Crippen molar-refractivity contribution >= 4 is 11.7 Å². The highest BCUT2D eigenvalue weighted by molar-refractivity contribution is 5.85. The Morgan fingerprint density at radius 2 is 2.00 bits per heavy atom. The Morgan fingerprint density at radius 3 is 2.64 bits per heavy atom. The van der Waals surface area contributed by atoms with Crippen LogP contribution in [0, 0.1) is 11.8 Å². The molecule has 120 valence electrons. The van der Waals surface area contributed by atoms with Gasteiger partial charge in [-0.2, -0.15) is 0 Å². The molecule has 22 heavy (non-hydrogen) atoms. The second-order valence-electron chi connectivity index (χ2n) is 6.65. The predicted molar refractivity (Wildman–Crippen MR) is 85.3 cm³/mol. The highest BCUT2D eigenvalue weighted by Crippen LogP contribution is 2.25. The van der Waals surface area contributed by atoms with Gasteiger partial charge in [0, 0.05) is 18.9 Å². The topological polar surface area (TPSA) is 66.4 Å². The van der Waals surface area contributed by atoms with Crippen LogP contribution in [0.5, 0.6) is 0 Å². The summed E-state index contributed by atoms with van der Waals surface area (Å²) in [6.45, 7) is 4.22. The van der Waals surface area contributed by atoms with Gasteiger partial charge in [0.2, 0.25) is 5.91 Å². The van der Waals surface area contributed by atoms with E-state index in [4.69, 9.17) is 0 Å². The van der Waals surface area contributed by atoms with E-state index in [1.165, 1.54) is 0 Å². The van der Waals surface area contributed by atoms with Gasteiger partial charge < -0.3 is 10.4 Å². The summed E-state index contributed by atoms with van der Waals surface area (Å²) >= 11 is 0. The van der Waals surface area contributed by atoms with Gasteiger partial charge in [-0.1, -0.05) is 44.2 Å². The van der Waals surface area contributed by atoms with Crippen molar-refractivity contribution in [2.45, 2.75) is 51.7 Å². The number of hydrogen-bond acceptors (Lipinski definition) is 3. The molecule has 4 heteroatoms. The van der Waals surface area contributed by atoms with Crippen molar-refractivity contribution in [1.82, 2.24) is 5.32 Å². The van der Waals surface area contributed by atoms with Crippen LogP contribution in [-0.4, -0.2) is 28.9 Å². The molecule has 1 aromatic carbocycles. The van der Waals surface area contributed by atoms with Crippen molar-refractivity contribution in [3.05, 3.63) is 35.9 Å².